The van der Waals surface area contributed by atoms with Gasteiger partial charge in [-0.3, -0.25) is 4.98 Å². The molecule has 0 bridgehead atoms. The van der Waals surface area contributed by atoms with E-state index in [0.717, 1.165) is 0 Å². The van der Waals surface area contributed by atoms with Crippen molar-refractivity contribution in [1.82, 2.24) is 15.0 Å². The highest BCUT2D eigenvalue weighted by Gasteiger charge is 2.34. The zero-order valence-corrected chi connectivity index (χ0v) is 15.7. The molecule has 1 saturated heterocycles. The van der Waals surface area contributed by atoms with Gasteiger partial charge in [0.25, 0.3) is 6.43 Å². The van der Waals surface area contributed by atoms with Gasteiger partial charge in [0, 0.05) is 36.2 Å². The normalized spacial score (nSPS) is 19.6. The molecule has 9 heteroatoms. The Labute approximate surface area is 168 Å². The molecule has 0 spiro atoms. The maximum atomic E-state index is 13.3. The van der Waals surface area contributed by atoms with Crippen LogP contribution in [0.4, 0.5) is 8.78 Å². The van der Waals surface area contributed by atoms with Crippen molar-refractivity contribution in [2.75, 3.05) is 13.2 Å². The van der Waals surface area contributed by atoms with E-state index in [1.165, 1.54) is 18.5 Å². The number of oxazole rings is 1. The predicted molar refractivity (Wildman–Crippen MR) is 102 cm³/mol. The summed E-state index contributed by atoms with van der Waals surface area (Å²) in [6, 6.07) is 6.73. The number of ether oxygens (including phenoxy) is 1. The number of alkyl halides is 2. The maximum Gasteiger partial charge on any atom is 0.281 e. The summed E-state index contributed by atoms with van der Waals surface area (Å²) in [4.78, 5) is 12.2. The molecule has 0 saturated carbocycles. The molecule has 6 nitrogen and oxygen atoms in total. The predicted octanol–water partition coefficient (Wildman–Crippen LogP) is 4.64. The van der Waals surface area contributed by atoms with Crippen molar-refractivity contribution in [2.24, 2.45) is 0 Å². The number of benzene rings is 1. The molecule has 0 amide bonds. The van der Waals surface area contributed by atoms with Crippen molar-refractivity contribution >= 4 is 33.5 Å². The summed E-state index contributed by atoms with van der Waals surface area (Å²) in [5.41, 5.74) is 0.687. The number of aliphatic hydroxyl groups is 1. The summed E-state index contributed by atoms with van der Waals surface area (Å²) in [6.07, 6.45) is 0.306. The smallest absolute Gasteiger partial charge is 0.281 e. The minimum Gasteiger partial charge on any atom is -0.436 e. The minimum absolute atomic E-state index is 0.159. The maximum absolute atomic E-state index is 13.3. The standard InChI is InChI=1S/C20H14ClF2N3O3/c21-16-6-11-12(7-24-16)17(18(22)23)25-8-13(11)19-26-14-2-1-10(5-15(14)29-19)20(27)3-4-28-9-20/h1-2,5-8,18,27H,3-4,9H2. The third kappa shape index (κ3) is 3.04. The summed E-state index contributed by atoms with van der Waals surface area (Å²) in [7, 11) is 0. The quantitative estimate of drug-likeness (QED) is 0.489. The van der Waals surface area contributed by atoms with Crippen molar-refractivity contribution in [2.45, 2.75) is 18.4 Å². The molecule has 1 aliphatic rings. The van der Waals surface area contributed by atoms with Crippen molar-refractivity contribution in [3.63, 3.8) is 0 Å². The van der Waals surface area contributed by atoms with Gasteiger partial charge in [0.1, 0.15) is 22.0 Å². The van der Waals surface area contributed by atoms with Crippen LogP contribution in [0, 0.1) is 0 Å². The molecule has 1 aromatic carbocycles. The summed E-state index contributed by atoms with van der Waals surface area (Å²) in [6.45, 7) is 0.702. The lowest BCUT2D eigenvalue weighted by atomic mass is 9.93. The number of hydrogen-bond donors (Lipinski definition) is 1. The summed E-state index contributed by atoms with van der Waals surface area (Å²) >= 11 is 5.99. The van der Waals surface area contributed by atoms with Crippen LogP contribution in [0.2, 0.25) is 5.15 Å². The van der Waals surface area contributed by atoms with Crippen LogP contribution in [-0.4, -0.2) is 33.3 Å². The van der Waals surface area contributed by atoms with Crippen molar-refractivity contribution in [1.29, 1.82) is 0 Å². The molecule has 4 aromatic rings. The first-order chi connectivity index (χ1) is 13.9. The van der Waals surface area contributed by atoms with Gasteiger partial charge < -0.3 is 14.3 Å². The highest BCUT2D eigenvalue weighted by atomic mass is 35.5. The molecule has 1 atom stereocenters. The molecule has 1 unspecified atom stereocenters. The molecular formula is C20H14ClF2N3O3. The fourth-order valence-corrected chi connectivity index (χ4v) is 3.74. The number of halogens is 3. The van der Waals surface area contributed by atoms with Gasteiger partial charge in [-0.15, -0.1) is 0 Å². The van der Waals surface area contributed by atoms with E-state index in [9.17, 15) is 13.9 Å². The number of pyridine rings is 2. The fraction of sp³-hybridized carbons (Fsp3) is 0.250. The first-order valence-corrected chi connectivity index (χ1v) is 9.26. The van der Waals surface area contributed by atoms with E-state index in [0.29, 0.717) is 40.6 Å². The van der Waals surface area contributed by atoms with Gasteiger partial charge >= 0.3 is 0 Å². The molecule has 148 valence electrons. The lowest BCUT2D eigenvalue weighted by Gasteiger charge is -2.20. The van der Waals surface area contributed by atoms with E-state index in [1.807, 2.05) is 0 Å². The Morgan fingerprint density at radius 3 is 2.76 bits per heavy atom. The van der Waals surface area contributed by atoms with Crippen LogP contribution in [0.15, 0.2) is 41.1 Å². The average molecular weight is 418 g/mol. The first kappa shape index (κ1) is 18.4. The highest BCUT2D eigenvalue weighted by Crippen LogP contribution is 2.36. The largest absolute Gasteiger partial charge is 0.436 e. The molecule has 1 aliphatic heterocycles. The molecule has 1 fully saturated rings. The Balaban J connectivity index is 1.67. The second-order valence-electron chi connectivity index (χ2n) is 6.95. The lowest BCUT2D eigenvalue weighted by molar-refractivity contribution is 0.0232. The highest BCUT2D eigenvalue weighted by molar-refractivity contribution is 6.30. The Kier molecular flexibility index (Phi) is 4.23. The summed E-state index contributed by atoms with van der Waals surface area (Å²) < 4.78 is 37.9. The molecule has 29 heavy (non-hydrogen) atoms. The topological polar surface area (TPSA) is 81.3 Å². The Bertz CT molecular complexity index is 1240. The van der Waals surface area contributed by atoms with Crippen molar-refractivity contribution in [3.8, 4) is 11.5 Å². The Hall–Kier alpha value is -2.68. The van der Waals surface area contributed by atoms with Gasteiger partial charge in [-0.1, -0.05) is 17.7 Å². The van der Waals surface area contributed by atoms with Crippen molar-refractivity contribution < 1.29 is 23.0 Å². The number of fused-ring (bicyclic) bond motifs is 2. The monoisotopic (exact) mass is 417 g/mol. The first-order valence-electron chi connectivity index (χ1n) is 8.88. The molecular weight excluding hydrogens is 404 g/mol. The summed E-state index contributed by atoms with van der Waals surface area (Å²) in [5.74, 6) is 0.215. The molecule has 3 aromatic heterocycles. The number of nitrogens with zero attached hydrogens (tertiary/aromatic N) is 3. The van der Waals surface area contributed by atoms with Crippen LogP contribution in [0.25, 0.3) is 33.3 Å². The van der Waals surface area contributed by atoms with E-state index in [2.05, 4.69) is 15.0 Å². The van der Waals surface area contributed by atoms with Crippen LogP contribution in [0.5, 0.6) is 0 Å². The van der Waals surface area contributed by atoms with Crippen LogP contribution in [0.3, 0.4) is 0 Å². The Morgan fingerprint density at radius 1 is 1.14 bits per heavy atom. The molecule has 5 rings (SSSR count). The third-order valence-corrected chi connectivity index (χ3v) is 5.34. The van der Waals surface area contributed by atoms with Gasteiger partial charge in [-0.2, -0.15) is 0 Å². The van der Waals surface area contributed by atoms with Gasteiger partial charge in [0.15, 0.2) is 5.58 Å². The molecule has 0 radical (unpaired) electrons. The SMILES string of the molecule is OC1(c2ccc3nc(-c4cnc(C(F)F)c5cnc(Cl)cc45)oc3c2)CCOC1. The number of hydrogen-bond acceptors (Lipinski definition) is 6. The number of aromatic nitrogens is 3. The van der Waals surface area contributed by atoms with E-state index < -0.39 is 12.0 Å². The van der Waals surface area contributed by atoms with Gasteiger partial charge in [-0.05, 0) is 23.8 Å². The summed E-state index contributed by atoms with van der Waals surface area (Å²) in [5, 5.41) is 11.5. The number of rotatable bonds is 3. The second-order valence-corrected chi connectivity index (χ2v) is 7.33. The van der Waals surface area contributed by atoms with Gasteiger partial charge in [0.2, 0.25) is 5.89 Å². The third-order valence-electron chi connectivity index (χ3n) is 5.13. The lowest BCUT2D eigenvalue weighted by Crippen LogP contribution is -2.25. The average Bonchev–Trinajstić information content (AvgIpc) is 3.33. The molecule has 1 N–H and O–H groups in total. The second kappa shape index (κ2) is 6.69. The fourth-order valence-electron chi connectivity index (χ4n) is 3.59. The zero-order valence-electron chi connectivity index (χ0n) is 14.9. The van der Waals surface area contributed by atoms with E-state index >= 15 is 0 Å². The van der Waals surface area contributed by atoms with Crippen LogP contribution >= 0.6 is 11.6 Å². The van der Waals surface area contributed by atoms with E-state index in [-0.39, 0.29) is 28.7 Å². The molecule has 4 heterocycles. The van der Waals surface area contributed by atoms with Crippen LogP contribution in [-0.2, 0) is 10.3 Å². The van der Waals surface area contributed by atoms with Gasteiger partial charge in [-0.25, -0.2) is 18.7 Å². The van der Waals surface area contributed by atoms with E-state index in [4.69, 9.17) is 20.8 Å². The minimum atomic E-state index is -2.75. The zero-order chi connectivity index (χ0) is 20.2. The Morgan fingerprint density at radius 2 is 2.00 bits per heavy atom. The molecule has 0 aliphatic carbocycles. The van der Waals surface area contributed by atoms with E-state index in [1.54, 1.807) is 18.2 Å². The van der Waals surface area contributed by atoms with Crippen LogP contribution in [0.1, 0.15) is 24.1 Å². The van der Waals surface area contributed by atoms with Gasteiger partial charge in [0.05, 0.1) is 12.2 Å². The van der Waals surface area contributed by atoms with Crippen LogP contribution < -0.4 is 0 Å². The van der Waals surface area contributed by atoms with Crippen molar-refractivity contribution in [3.05, 3.63) is 53.1 Å².